The molecule has 94 valence electrons. The number of hydrogen-bond donors (Lipinski definition) is 0. The molecule has 1 rings (SSSR count). The number of hydrogen-bond acceptors (Lipinski definition) is 5. The van der Waals surface area contributed by atoms with Crippen molar-refractivity contribution in [2.24, 2.45) is 0 Å². The van der Waals surface area contributed by atoms with Gasteiger partial charge in [0.15, 0.2) is 0 Å². The smallest absolute Gasteiger partial charge is 0.388 e. The maximum Gasteiger partial charge on any atom is 0.388 e. The Bertz CT molecular complexity index is 436. The molecule has 8 heteroatoms. The van der Waals surface area contributed by atoms with Crippen LogP contribution in [0.2, 0.25) is 0 Å². The second-order valence-electron chi connectivity index (χ2n) is 2.99. The maximum atomic E-state index is 12.0. The highest BCUT2D eigenvalue weighted by molar-refractivity contribution is 14.1. The molecule has 0 heterocycles. The molecule has 6 nitrogen and oxygen atoms in total. The molecule has 0 aromatic heterocycles. The third-order valence-electron chi connectivity index (χ3n) is 1.76. The third-order valence-corrected chi connectivity index (χ3v) is 5.70. The largest absolute Gasteiger partial charge is 0.424 e. The number of halogens is 1. The zero-order valence-electron chi connectivity index (χ0n) is 9.04. The van der Waals surface area contributed by atoms with Crippen LogP contribution in [0.5, 0.6) is 5.75 Å². The highest BCUT2D eigenvalue weighted by Gasteiger charge is 2.24. The van der Waals surface area contributed by atoms with Gasteiger partial charge in [-0.1, -0.05) is 22.6 Å². The summed E-state index contributed by atoms with van der Waals surface area (Å²) in [5, 5.41) is 10.4. The second-order valence-corrected chi connectivity index (χ2v) is 6.94. The van der Waals surface area contributed by atoms with Gasteiger partial charge in [-0.2, -0.15) is 0 Å². The molecule has 0 aliphatic carbocycles. The number of benzene rings is 1. The monoisotopic (exact) mass is 371 g/mol. The predicted octanol–water partition coefficient (Wildman–Crippen LogP) is 3.60. The standard InChI is InChI=1S/C9H11INO5P/c1-2-15-17(14,7-10)16-9-5-3-8(4-6-9)11(12)13/h3-6H,2,7H2,1H3. The molecule has 0 bridgehead atoms. The van der Waals surface area contributed by atoms with Crippen LogP contribution in [0.3, 0.4) is 0 Å². The van der Waals surface area contributed by atoms with Gasteiger partial charge in [0.25, 0.3) is 5.69 Å². The molecular formula is C9H11INO5P. The SMILES string of the molecule is CCOP(=O)(CI)Oc1ccc([N+](=O)[O-])cc1. The summed E-state index contributed by atoms with van der Waals surface area (Å²) in [6.45, 7) is 2.01. The van der Waals surface area contributed by atoms with Gasteiger partial charge in [0.1, 0.15) is 9.92 Å². The van der Waals surface area contributed by atoms with E-state index in [-0.39, 0.29) is 16.5 Å². The number of alkyl halides is 1. The number of nitrogens with zero attached hydrogens (tertiary/aromatic N) is 1. The average molecular weight is 371 g/mol. The molecule has 0 amide bonds. The number of non-ortho nitro benzene ring substituents is 1. The van der Waals surface area contributed by atoms with Gasteiger partial charge in [-0.05, 0) is 19.1 Å². The van der Waals surface area contributed by atoms with Crippen LogP contribution < -0.4 is 4.52 Å². The summed E-state index contributed by atoms with van der Waals surface area (Å²) in [5.41, 5.74) is -0.0435. The first kappa shape index (κ1) is 14.4. The van der Waals surface area contributed by atoms with Gasteiger partial charge < -0.3 is 4.52 Å². The Balaban J connectivity index is 2.81. The van der Waals surface area contributed by atoms with E-state index in [1.807, 2.05) is 22.6 Å². The summed E-state index contributed by atoms with van der Waals surface area (Å²) in [6.07, 6.45) is 0. The lowest BCUT2D eigenvalue weighted by atomic mass is 10.3. The van der Waals surface area contributed by atoms with Crippen LogP contribution in [0.15, 0.2) is 24.3 Å². The Morgan fingerprint density at radius 3 is 2.41 bits per heavy atom. The van der Waals surface area contributed by atoms with E-state index in [0.717, 1.165) is 0 Å². The van der Waals surface area contributed by atoms with E-state index in [2.05, 4.69) is 0 Å². The summed E-state index contributed by atoms with van der Waals surface area (Å²) in [5.74, 6) is 0.295. The van der Waals surface area contributed by atoms with Gasteiger partial charge in [-0.25, -0.2) is 4.57 Å². The third kappa shape index (κ3) is 4.25. The summed E-state index contributed by atoms with van der Waals surface area (Å²) in [4.78, 5) is 9.93. The molecule has 1 unspecified atom stereocenters. The van der Waals surface area contributed by atoms with Crippen LogP contribution in [-0.2, 0) is 9.09 Å². The van der Waals surface area contributed by atoms with Crippen molar-refractivity contribution in [1.82, 2.24) is 0 Å². The van der Waals surface area contributed by atoms with E-state index >= 15 is 0 Å². The van der Waals surface area contributed by atoms with Gasteiger partial charge in [-0.15, -0.1) is 0 Å². The van der Waals surface area contributed by atoms with Crippen molar-refractivity contribution in [1.29, 1.82) is 0 Å². The first-order valence-electron chi connectivity index (χ1n) is 4.74. The fourth-order valence-corrected chi connectivity index (χ4v) is 3.09. The minimum absolute atomic E-state index is 0.0435. The molecule has 17 heavy (non-hydrogen) atoms. The molecule has 0 N–H and O–H groups in total. The molecule has 0 saturated heterocycles. The minimum atomic E-state index is -3.14. The van der Waals surface area contributed by atoms with Crippen LogP contribution in [0.4, 0.5) is 5.69 Å². The molecule has 1 aromatic carbocycles. The minimum Gasteiger partial charge on any atom is -0.424 e. The maximum absolute atomic E-state index is 12.0. The van der Waals surface area contributed by atoms with E-state index in [4.69, 9.17) is 9.05 Å². The Hall–Kier alpha value is -0.660. The molecule has 0 radical (unpaired) electrons. The summed E-state index contributed by atoms with van der Waals surface area (Å²) in [6, 6.07) is 5.38. The quantitative estimate of drug-likeness (QED) is 0.251. The first-order chi connectivity index (χ1) is 8.00. The van der Waals surface area contributed by atoms with Gasteiger partial charge in [0.05, 0.1) is 11.5 Å². The average Bonchev–Trinajstić information content (AvgIpc) is 2.30. The first-order valence-corrected chi connectivity index (χ1v) is 7.99. The number of nitro groups is 1. The van der Waals surface area contributed by atoms with Crippen LogP contribution in [0.25, 0.3) is 0 Å². The van der Waals surface area contributed by atoms with Crippen molar-refractivity contribution in [3.63, 3.8) is 0 Å². The van der Waals surface area contributed by atoms with E-state index in [0.29, 0.717) is 5.75 Å². The molecule has 0 aliphatic rings. The lowest BCUT2D eigenvalue weighted by Crippen LogP contribution is -1.99. The molecule has 1 atom stereocenters. The van der Waals surface area contributed by atoms with E-state index in [1.54, 1.807) is 6.92 Å². The summed E-state index contributed by atoms with van der Waals surface area (Å²) in [7, 11) is -3.14. The van der Waals surface area contributed by atoms with Crippen molar-refractivity contribution in [2.45, 2.75) is 6.92 Å². The molecule has 0 saturated carbocycles. The van der Waals surface area contributed by atoms with Crippen molar-refractivity contribution >= 4 is 35.9 Å². The Morgan fingerprint density at radius 1 is 1.41 bits per heavy atom. The van der Waals surface area contributed by atoms with Gasteiger partial charge in [0.2, 0.25) is 0 Å². The van der Waals surface area contributed by atoms with Crippen LogP contribution in [-0.4, -0.2) is 15.7 Å². The molecule has 0 aliphatic heterocycles. The lowest BCUT2D eigenvalue weighted by molar-refractivity contribution is -0.384. The molecule has 1 aromatic rings. The van der Waals surface area contributed by atoms with E-state index in [9.17, 15) is 14.7 Å². The van der Waals surface area contributed by atoms with Gasteiger partial charge >= 0.3 is 7.60 Å². The molecular weight excluding hydrogens is 360 g/mol. The fraction of sp³-hybridized carbons (Fsp3) is 0.333. The summed E-state index contributed by atoms with van der Waals surface area (Å²) >= 11 is 1.91. The zero-order chi connectivity index (χ0) is 12.9. The van der Waals surface area contributed by atoms with E-state index in [1.165, 1.54) is 24.3 Å². The second kappa shape index (κ2) is 6.32. The van der Waals surface area contributed by atoms with Crippen molar-refractivity contribution in [3.8, 4) is 5.75 Å². The van der Waals surface area contributed by atoms with Crippen LogP contribution in [0, 0.1) is 10.1 Å². The molecule has 0 spiro atoms. The Kier molecular flexibility index (Phi) is 5.35. The van der Waals surface area contributed by atoms with E-state index < -0.39 is 12.5 Å². The van der Waals surface area contributed by atoms with Crippen molar-refractivity contribution in [2.75, 3.05) is 10.8 Å². The van der Waals surface area contributed by atoms with Crippen LogP contribution >= 0.6 is 30.2 Å². The highest BCUT2D eigenvalue weighted by atomic mass is 127. The zero-order valence-corrected chi connectivity index (χ0v) is 12.1. The van der Waals surface area contributed by atoms with Gasteiger partial charge in [0, 0.05) is 12.1 Å². The predicted molar refractivity (Wildman–Crippen MR) is 71.8 cm³/mol. The van der Waals surface area contributed by atoms with Crippen LogP contribution in [0.1, 0.15) is 6.92 Å². The van der Waals surface area contributed by atoms with Crippen molar-refractivity contribution in [3.05, 3.63) is 34.4 Å². The normalized spacial score (nSPS) is 14.0. The number of rotatable bonds is 6. The highest BCUT2D eigenvalue weighted by Crippen LogP contribution is 2.49. The van der Waals surface area contributed by atoms with Gasteiger partial charge in [-0.3, -0.25) is 14.6 Å². The Labute approximate surface area is 112 Å². The summed E-state index contributed by atoms with van der Waals surface area (Å²) < 4.78 is 22.5. The van der Waals surface area contributed by atoms with Crippen molar-refractivity contribution < 1.29 is 18.5 Å². The fourth-order valence-electron chi connectivity index (χ4n) is 1.07. The molecule has 0 fully saturated rings. The topological polar surface area (TPSA) is 78.7 Å². The lowest BCUT2D eigenvalue weighted by Gasteiger charge is -2.15. The number of nitro benzene ring substituents is 1. The Morgan fingerprint density at radius 2 is 2.00 bits per heavy atom.